The predicted octanol–water partition coefficient (Wildman–Crippen LogP) is 4.32. The quantitative estimate of drug-likeness (QED) is 0.847. The normalized spacial score (nSPS) is 26.3. The van der Waals surface area contributed by atoms with Gasteiger partial charge < -0.3 is 5.11 Å². The minimum absolute atomic E-state index is 0.241. The van der Waals surface area contributed by atoms with E-state index in [4.69, 9.17) is 0 Å². The van der Waals surface area contributed by atoms with Crippen molar-refractivity contribution in [1.82, 2.24) is 0 Å². The van der Waals surface area contributed by atoms with E-state index >= 15 is 0 Å². The van der Waals surface area contributed by atoms with E-state index in [0.717, 1.165) is 30.2 Å². The average molecular weight is 250 g/mol. The molecule has 0 bridgehead atoms. The van der Waals surface area contributed by atoms with E-state index in [1.165, 1.54) is 25.0 Å². The van der Waals surface area contributed by atoms with Crippen molar-refractivity contribution in [2.45, 2.75) is 45.6 Å². The molecule has 1 saturated carbocycles. The maximum absolute atomic E-state index is 12.9. The molecule has 100 valence electrons. The molecule has 2 heteroatoms. The lowest BCUT2D eigenvalue weighted by atomic mass is 9.74. The summed E-state index contributed by atoms with van der Waals surface area (Å²) in [5.74, 6) is 1.65. The predicted molar refractivity (Wildman–Crippen MR) is 71.6 cm³/mol. The van der Waals surface area contributed by atoms with Crippen LogP contribution in [-0.4, -0.2) is 5.11 Å². The van der Waals surface area contributed by atoms with Gasteiger partial charge in [0.05, 0.1) is 6.10 Å². The summed E-state index contributed by atoms with van der Waals surface area (Å²) in [5.41, 5.74) is 0.851. The van der Waals surface area contributed by atoms with E-state index < -0.39 is 6.10 Å². The first-order valence-corrected chi connectivity index (χ1v) is 7.01. The second-order valence-corrected chi connectivity index (χ2v) is 5.92. The summed E-state index contributed by atoms with van der Waals surface area (Å²) >= 11 is 0. The SMILES string of the molecule is CC(C)C1CCC(C(O)c2ccc(F)cc2)CC1. The highest BCUT2D eigenvalue weighted by Gasteiger charge is 2.28. The van der Waals surface area contributed by atoms with Crippen molar-refractivity contribution < 1.29 is 9.50 Å². The molecule has 0 aromatic heterocycles. The topological polar surface area (TPSA) is 20.2 Å². The Balaban J connectivity index is 1.95. The van der Waals surface area contributed by atoms with Crippen LogP contribution in [0.3, 0.4) is 0 Å². The molecule has 0 heterocycles. The molecule has 18 heavy (non-hydrogen) atoms. The van der Waals surface area contributed by atoms with Gasteiger partial charge >= 0.3 is 0 Å². The minimum Gasteiger partial charge on any atom is -0.388 e. The van der Waals surface area contributed by atoms with Crippen molar-refractivity contribution in [3.8, 4) is 0 Å². The fourth-order valence-electron chi connectivity index (χ4n) is 3.06. The molecule has 0 amide bonds. The zero-order chi connectivity index (χ0) is 13.1. The molecule has 1 atom stereocenters. The van der Waals surface area contributed by atoms with Crippen LogP contribution in [0.4, 0.5) is 4.39 Å². The van der Waals surface area contributed by atoms with E-state index in [2.05, 4.69) is 13.8 Å². The average Bonchev–Trinajstić information content (AvgIpc) is 2.39. The molecule has 2 rings (SSSR count). The summed E-state index contributed by atoms with van der Waals surface area (Å²) in [6.07, 6.45) is 4.16. The third kappa shape index (κ3) is 3.11. The Morgan fingerprint density at radius 3 is 2.00 bits per heavy atom. The van der Waals surface area contributed by atoms with Gasteiger partial charge in [-0.3, -0.25) is 0 Å². The molecule has 1 N–H and O–H groups in total. The lowest BCUT2D eigenvalue weighted by Gasteiger charge is -2.33. The van der Waals surface area contributed by atoms with Gasteiger partial charge in [-0.1, -0.05) is 26.0 Å². The molecule has 1 aromatic rings. The van der Waals surface area contributed by atoms with E-state index in [1.54, 1.807) is 12.1 Å². The van der Waals surface area contributed by atoms with Crippen molar-refractivity contribution in [1.29, 1.82) is 0 Å². The molecule has 0 aliphatic heterocycles. The number of halogens is 1. The number of aliphatic hydroxyl groups is 1. The summed E-state index contributed by atoms with van der Waals surface area (Å²) in [5, 5.41) is 10.3. The van der Waals surface area contributed by atoms with E-state index in [1.807, 2.05) is 0 Å². The summed E-state index contributed by atoms with van der Waals surface area (Å²) in [7, 11) is 0. The number of benzene rings is 1. The molecule has 1 aliphatic carbocycles. The van der Waals surface area contributed by atoms with E-state index in [0.29, 0.717) is 5.92 Å². The van der Waals surface area contributed by atoms with Crippen molar-refractivity contribution in [3.05, 3.63) is 35.6 Å². The summed E-state index contributed by atoms with van der Waals surface area (Å²) < 4.78 is 12.9. The number of hydrogen-bond acceptors (Lipinski definition) is 1. The Hall–Kier alpha value is -0.890. The lowest BCUT2D eigenvalue weighted by molar-refractivity contribution is 0.0667. The minimum atomic E-state index is -0.432. The Bertz CT molecular complexity index is 363. The van der Waals surface area contributed by atoms with Crippen LogP contribution in [0.2, 0.25) is 0 Å². The maximum Gasteiger partial charge on any atom is 0.123 e. The fraction of sp³-hybridized carbons (Fsp3) is 0.625. The highest BCUT2D eigenvalue weighted by atomic mass is 19.1. The van der Waals surface area contributed by atoms with Crippen LogP contribution in [0, 0.1) is 23.6 Å². The lowest BCUT2D eigenvalue weighted by Crippen LogP contribution is -2.23. The Labute approximate surface area is 109 Å². The molecule has 1 nitrogen and oxygen atoms in total. The largest absolute Gasteiger partial charge is 0.388 e. The van der Waals surface area contributed by atoms with E-state index in [9.17, 15) is 9.50 Å². The highest BCUT2D eigenvalue weighted by molar-refractivity contribution is 5.19. The first kappa shape index (κ1) is 13.5. The molecular formula is C16H23FO. The summed E-state index contributed by atoms with van der Waals surface area (Å²) in [4.78, 5) is 0. The first-order chi connectivity index (χ1) is 8.58. The van der Waals surface area contributed by atoms with Crippen molar-refractivity contribution in [2.24, 2.45) is 17.8 Å². The summed E-state index contributed by atoms with van der Waals surface area (Å²) in [6.45, 7) is 4.56. The Kier molecular flexibility index (Phi) is 4.39. The molecule has 1 fully saturated rings. The fourth-order valence-corrected chi connectivity index (χ4v) is 3.06. The van der Waals surface area contributed by atoms with Crippen molar-refractivity contribution in [3.63, 3.8) is 0 Å². The van der Waals surface area contributed by atoms with Gasteiger partial charge in [0.15, 0.2) is 0 Å². The van der Waals surface area contributed by atoms with Gasteiger partial charge in [-0.2, -0.15) is 0 Å². The second-order valence-electron chi connectivity index (χ2n) is 5.92. The van der Waals surface area contributed by atoms with Crippen LogP contribution >= 0.6 is 0 Å². The molecule has 1 aromatic carbocycles. The molecule has 0 radical (unpaired) electrons. The van der Waals surface area contributed by atoms with Gasteiger partial charge in [-0.05, 0) is 61.1 Å². The third-order valence-electron chi connectivity index (χ3n) is 4.42. The van der Waals surface area contributed by atoms with Gasteiger partial charge in [0.25, 0.3) is 0 Å². The van der Waals surface area contributed by atoms with E-state index in [-0.39, 0.29) is 5.82 Å². The molecule has 0 saturated heterocycles. The zero-order valence-corrected chi connectivity index (χ0v) is 11.3. The molecule has 1 aliphatic rings. The van der Waals surface area contributed by atoms with Gasteiger partial charge in [0, 0.05) is 0 Å². The van der Waals surface area contributed by atoms with Crippen LogP contribution in [0.1, 0.15) is 51.2 Å². The third-order valence-corrected chi connectivity index (χ3v) is 4.42. The second kappa shape index (κ2) is 5.83. The zero-order valence-electron chi connectivity index (χ0n) is 11.3. The van der Waals surface area contributed by atoms with Gasteiger partial charge in [0.2, 0.25) is 0 Å². The van der Waals surface area contributed by atoms with Crippen molar-refractivity contribution >= 4 is 0 Å². The van der Waals surface area contributed by atoms with Crippen LogP contribution in [0.25, 0.3) is 0 Å². The highest BCUT2D eigenvalue weighted by Crippen LogP contribution is 2.39. The standard InChI is InChI=1S/C16H23FO/c1-11(2)12-3-5-13(6-4-12)16(18)14-7-9-15(17)10-8-14/h7-13,16,18H,3-6H2,1-2H3. The molecule has 1 unspecified atom stereocenters. The number of rotatable bonds is 3. The maximum atomic E-state index is 12.9. The van der Waals surface area contributed by atoms with Crippen LogP contribution < -0.4 is 0 Å². The van der Waals surface area contributed by atoms with Crippen molar-refractivity contribution in [2.75, 3.05) is 0 Å². The van der Waals surface area contributed by atoms with Crippen LogP contribution in [-0.2, 0) is 0 Å². The summed E-state index contributed by atoms with van der Waals surface area (Å²) in [6, 6.07) is 6.26. The van der Waals surface area contributed by atoms with Gasteiger partial charge in [-0.25, -0.2) is 4.39 Å². The number of hydrogen-bond donors (Lipinski definition) is 1. The molecular weight excluding hydrogens is 227 g/mol. The number of aliphatic hydroxyl groups excluding tert-OH is 1. The van der Waals surface area contributed by atoms with Crippen LogP contribution in [0.5, 0.6) is 0 Å². The monoisotopic (exact) mass is 250 g/mol. The van der Waals surface area contributed by atoms with Crippen LogP contribution in [0.15, 0.2) is 24.3 Å². The Morgan fingerprint density at radius 1 is 1.00 bits per heavy atom. The smallest absolute Gasteiger partial charge is 0.123 e. The van der Waals surface area contributed by atoms with Gasteiger partial charge in [0.1, 0.15) is 5.82 Å². The van der Waals surface area contributed by atoms with Gasteiger partial charge in [-0.15, -0.1) is 0 Å². The first-order valence-electron chi connectivity index (χ1n) is 7.01. The Morgan fingerprint density at radius 2 is 1.50 bits per heavy atom. The molecule has 0 spiro atoms.